The van der Waals surface area contributed by atoms with Crippen molar-refractivity contribution >= 4 is 11.9 Å². The summed E-state index contributed by atoms with van der Waals surface area (Å²) in [5, 5.41) is 18.2. The van der Waals surface area contributed by atoms with Crippen LogP contribution in [-0.4, -0.2) is 29.3 Å². The van der Waals surface area contributed by atoms with Crippen LogP contribution in [0, 0.1) is 0 Å². The summed E-state index contributed by atoms with van der Waals surface area (Å²) in [5.41, 5.74) is 0.00945. The van der Waals surface area contributed by atoms with Crippen LogP contribution in [0.4, 0.5) is 0 Å². The Morgan fingerprint density at radius 3 is 2.39 bits per heavy atom. The molecule has 1 rings (SSSR count). The van der Waals surface area contributed by atoms with Crippen molar-refractivity contribution in [3.8, 4) is 0 Å². The highest BCUT2D eigenvalue weighted by Gasteiger charge is 2.24. The molecule has 0 fully saturated rings. The molecule has 0 saturated carbocycles. The first-order valence-corrected chi connectivity index (χ1v) is 5.65. The molecule has 1 atom stereocenters. The summed E-state index contributed by atoms with van der Waals surface area (Å²) in [4.78, 5) is 22.3. The van der Waals surface area contributed by atoms with Gasteiger partial charge in [-0.3, -0.25) is 0 Å². The Hall–Kier alpha value is -1.88. The van der Waals surface area contributed by atoms with E-state index in [0.29, 0.717) is 12.0 Å². The fourth-order valence-corrected chi connectivity index (χ4v) is 1.92. The van der Waals surface area contributed by atoms with Gasteiger partial charge in [0.15, 0.2) is 0 Å². The summed E-state index contributed by atoms with van der Waals surface area (Å²) < 4.78 is 5.25. The number of methoxy groups -OCH3 is 1. The van der Waals surface area contributed by atoms with Crippen LogP contribution in [0.3, 0.4) is 0 Å². The second-order valence-electron chi connectivity index (χ2n) is 3.89. The van der Waals surface area contributed by atoms with Gasteiger partial charge in [-0.15, -0.1) is 0 Å². The van der Waals surface area contributed by atoms with Crippen molar-refractivity contribution in [1.29, 1.82) is 0 Å². The summed E-state index contributed by atoms with van der Waals surface area (Å²) >= 11 is 0. The molecule has 0 saturated heterocycles. The van der Waals surface area contributed by atoms with Gasteiger partial charge < -0.3 is 14.9 Å². The fourth-order valence-electron chi connectivity index (χ4n) is 1.92. The molecule has 0 aromatic heterocycles. The number of hydrogen-bond acceptors (Lipinski definition) is 3. The molecular formula is C13H16O5. The molecule has 1 aromatic carbocycles. The Morgan fingerprint density at radius 1 is 1.28 bits per heavy atom. The van der Waals surface area contributed by atoms with E-state index in [0.717, 1.165) is 6.42 Å². The van der Waals surface area contributed by atoms with E-state index in [4.69, 9.17) is 9.84 Å². The Labute approximate surface area is 105 Å². The second-order valence-corrected chi connectivity index (χ2v) is 3.89. The molecule has 5 nitrogen and oxygen atoms in total. The summed E-state index contributed by atoms with van der Waals surface area (Å²) in [6, 6.07) is 4.42. The highest BCUT2D eigenvalue weighted by molar-refractivity contribution is 6.02. The molecule has 0 radical (unpaired) electrons. The molecule has 98 valence electrons. The van der Waals surface area contributed by atoms with E-state index in [9.17, 15) is 14.7 Å². The molecule has 1 unspecified atom stereocenters. The van der Waals surface area contributed by atoms with Gasteiger partial charge in [0, 0.05) is 7.11 Å². The van der Waals surface area contributed by atoms with E-state index in [1.54, 1.807) is 6.07 Å². The van der Waals surface area contributed by atoms with Gasteiger partial charge in [0.2, 0.25) is 0 Å². The highest BCUT2D eigenvalue weighted by atomic mass is 16.5. The van der Waals surface area contributed by atoms with E-state index in [1.165, 1.54) is 19.2 Å². The van der Waals surface area contributed by atoms with Gasteiger partial charge in [0.05, 0.1) is 17.2 Å². The predicted molar refractivity (Wildman–Crippen MR) is 65.0 cm³/mol. The fraction of sp³-hybridized carbons (Fsp3) is 0.385. The minimum absolute atomic E-state index is 0.190. The van der Waals surface area contributed by atoms with Crippen molar-refractivity contribution in [2.45, 2.75) is 25.9 Å². The van der Waals surface area contributed by atoms with Gasteiger partial charge in [0.25, 0.3) is 0 Å². The number of rotatable bonds is 6. The standard InChI is InChI=1S/C13H16O5/c1-3-5-10(18-2)8-6-4-7-9(12(14)15)11(8)13(16)17/h4,6-7,10H,3,5H2,1-2H3,(H,14,15)(H,16,17). The maximum absolute atomic E-state index is 11.3. The quantitative estimate of drug-likeness (QED) is 0.812. The summed E-state index contributed by atoms with van der Waals surface area (Å²) in [5.74, 6) is -2.50. The largest absolute Gasteiger partial charge is 0.478 e. The zero-order chi connectivity index (χ0) is 13.7. The van der Waals surface area contributed by atoms with Gasteiger partial charge in [-0.2, -0.15) is 0 Å². The zero-order valence-electron chi connectivity index (χ0n) is 10.3. The molecular weight excluding hydrogens is 236 g/mol. The topological polar surface area (TPSA) is 83.8 Å². The molecule has 0 spiro atoms. The summed E-state index contributed by atoms with van der Waals surface area (Å²) in [6.45, 7) is 1.95. The maximum Gasteiger partial charge on any atom is 0.336 e. The van der Waals surface area contributed by atoms with Gasteiger partial charge >= 0.3 is 11.9 Å². The van der Waals surface area contributed by atoms with Crippen LogP contribution in [0.25, 0.3) is 0 Å². The third-order valence-corrected chi connectivity index (χ3v) is 2.72. The van der Waals surface area contributed by atoms with Gasteiger partial charge in [-0.1, -0.05) is 25.5 Å². The first-order valence-electron chi connectivity index (χ1n) is 5.65. The minimum Gasteiger partial charge on any atom is -0.478 e. The lowest BCUT2D eigenvalue weighted by Crippen LogP contribution is -2.14. The molecule has 0 heterocycles. The number of hydrogen-bond donors (Lipinski definition) is 2. The lowest BCUT2D eigenvalue weighted by atomic mass is 9.95. The molecule has 18 heavy (non-hydrogen) atoms. The molecule has 0 amide bonds. The number of carbonyl (C=O) groups is 2. The van der Waals surface area contributed by atoms with E-state index < -0.39 is 18.0 Å². The Morgan fingerprint density at radius 2 is 1.94 bits per heavy atom. The second kappa shape index (κ2) is 6.16. The van der Waals surface area contributed by atoms with E-state index >= 15 is 0 Å². The van der Waals surface area contributed by atoms with Gasteiger partial charge in [-0.05, 0) is 18.1 Å². The van der Waals surface area contributed by atoms with Crippen LogP contribution in [-0.2, 0) is 4.74 Å². The van der Waals surface area contributed by atoms with Crippen LogP contribution in [0.15, 0.2) is 18.2 Å². The van der Waals surface area contributed by atoms with Crippen LogP contribution in [0.5, 0.6) is 0 Å². The summed E-state index contributed by atoms with van der Waals surface area (Å²) in [7, 11) is 1.49. The van der Waals surface area contributed by atoms with Crippen molar-refractivity contribution in [3.63, 3.8) is 0 Å². The molecule has 0 aliphatic carbocycles. The normalized spacial score (nSPS) is 12.1. The smallest absolute Gasteiger partial charge is 0.336 e. The predicted octanol–water partition coefficient (Wildman–Crippen LogP) is 2.57. The average molecular weight is 252 g/mol. The van der Waals surface area contributed by atoms with Crippen molar-refractivity contribution in [1.82, 2.24) is 0 Å². The Bertz CT molecular complexity index is 453. The van der Waals surface area contributed by atoms with Crippen LogP contribution in [0.1, 0.15) is 52.1 Å². The Balaban J connectivity index is 3.38. The molecule has 0 bridgehead atoms. The van der Waals surface area contributed by atoms with Gasteiger partial charge in [-0.25, -0.2) is 9.59 Å². The number of benzene rings is 1. The molecule has 2 N–H and O–H groups in total. The molecule has 0 aliphatic rings. The SMILES string of the molecule is CCCC(OC)c1cccc(C(=O)O)c1C(=O)O. The number of carboxylic acids is 2. The zero-order valence-corrected chi connectivity index (χ0v) is 10.3. The first kappa shape index (κ1) is 14.2. The number of ether oxygens (including phenoxy) is 1. The molecule has 5 heteroatoms. The lowest BCUT2D eigenvalue weighted by molar-refractivity contribution is 0.0633. The lowest BCUT2D eigenvalue weighted by Gasteiger charge is -2.18. The van der Waals surface area contributed by atoms with Crippen molar-refractivity contribution in [2.24, 2.45) is 0 Å². The van der Waals surface area contributed by atoms with Crippen molar-refractivity contribution in [3.05, 3.63) is 34.9 Å². The first-order chi connectivity index (χ1) is 8.52. The Kier molecular flexibility index (Phi) is 4.85. The third kappa shape index (κ3) is 2.87. The van der Waals surface area contributed by atoms with E-state index in [-0.39, 0.29) is 11.1 Å². The minimum atomic E-state index is -1.25. The average Bonchev–Trinajstić information content (AvgIpc) is 2.34. The highest BCUT2D eigenvalue weighted by Crippen LogP contribution is 2.27. The number of aromatic carboxylic acids is 2. The van der Waals surface area contributed by atoms with Crippen LogP contribution < -0.4 is 0 Å². The van der Waals surface area contributed by atoms with E-state index in [1.807, 2.05) is 6.92 Å². The summed E-state index contributed by atoms with van der Waals surface area (Å²) in [6.07, 6.45) is 1.05. The van der Waals surface area contributed by atoms with Crippen molar-refractivity contribution < 1.29 is 24.5 Å². The maximum atomic E-state index is 11.3. The molecule has 0 aliphatic heterocycles. The molecule has 1 aromatic rings. The van der Waals surface area contributed by atoms with E-state index in [2.05, 4.69) is 0 Å². The van der Waals surface area contributed by atoms with Crippen LogP contribution >= 0.6 is 0 Å². The number of carboxylic acid groups (broad SMARTS) is 2. The van der Waals surface area contributed by atoms with Crippen molar-refractivity contribution in [2.75, 3.05) is 7.11 Å². The van der Waals surface area contributed by atoms with Gasteiger partial charge in [0.1, 0.15) is 0 Å². The third-order valence-electron chi connectivity index (χ3n) is 2.72. The monoisotopic (exact) mass is 252 g/mol. The van der Waals surface area contributed by atoms with Crippen LogP contribution in [0.2, 0.25) is 0 Å².